The molecule has 2 saturated heterocycles. The van der Waals surface area contributed by atoms with Crippen LogP contribution in [0.1, 0.15) is 6.42 Å². The predicted molar refractivity (Wildman–Crippen MR) is 96.9 cm³/mol. The summed E-state index contributed by atoms with van der Waals surface area (Å²) < 4.78 is 32.3. The van der Waals surface area contributed by atoms with Gasteiger partial charge in [0, 0.05) is 45.3 Å². The van der Waals surface area contributed by atoms with E-state index in [2.05, 4.69) is 10.2 Å². The van der Waals surface area contributed by atoms with E-state index in [0.29, 0.717) is 29.9 Å². The molecule has 3 rings (SSSR count). The highest BCUT2D eigenvalue weighted by Crippen LogP contribution is 2.30. The third-order valence-corrected chi connectivity index (χ3v) is 6.71. The van der Waals surface area contributed by atoms with Gasteiger partial charge in [0.15, 0.2) is 0 Å². The lowest BCUT2D eigenvalue weighted by Gasteiger charge is -2.32. The highest BCUT2D eigenvalue weighted by atomic mass is 35.5. The molecule has 136 valence electrons. The molecule has 9 heteroatoms. The summed E-state index contributed by atoms with van der Waals surface area (Å²) in [5.41, 5.74) is 0. The van der Waals surface area contributed by atoms with Gasteiger partial charge in [0.25, 0.3) is 0 Å². The van der Waals surface area contributed by atoms with E-state index in [9.17, 15) is 8.42 Å². The first-order chi connectivity index (χ1) is 11.0. The minimum absolute atomic E-state index is 0. The van der Waals surface area contributed by atoms with E-state index in [4.69, 9.17) is 16.3 Å². The van der Waals surface area contributed by atoms with Crippen LogP contribution in [-0.2, 0) is 10.0 Å². The minimum atomic E-state index is -3.51. The van der Waals surface area contributed by atoms with Crippen LogP contribution in [-0.4, -0.2) is 70.0 Å². The van der Waals surface area contributed by atoms with Gasteiger partial charge in [-0.3, -0.25) is 4.90 Å². The Morgan fingerprint density at radius 2 is 1.96 bits per heavy atom. The standard InChI is InChI=1S/C15H22ClN3O3S.ClH/c1-22-15-3-2-13(10-14(15)16)23(20,21)19-7-4-12(11-19)18-8-5-17-6-9-18;/h2-3,10,12,17H,4-9,11H2,1H3;1H. The first-order valence-electron chi connectivity index (χ1n) is 7.81. The van der Waals surface area contributed by atoms with E-state index >= 15 is 0 Å². The van der Waals surface area contributed by atoms with Crippen molar-refractivity contribution in [1.82, 2.24) is 14.5 Å². The van der Waals surface area contributed by atoms with Crippen LogP contribution >= 0.6 is 24.0 Å². The highest BCUT2D eigenvalue weighted by molar-refractivity contribution is 7.89. The van der Waals surface area contributed by atoms with Crippen molar-refractivity contribution in [3.8, 4) is 5.75 Å². The van der Waals surface area contributed by atoms with Crippen LogP contribution in [0.3, 0.4) is 0 Å². The van der Waals surface area contributed by atoms with Crippen molar-refractivity contribution in [2.24, 2.45) is 0 Å². The van der Waals surface area contributed by atoms with Crippen LogP contribution < -0.4 is 10.1 Å². The summed E-state index contributed by atoms with van der Waals surface area (Å²) in [4.78, 5) is 2.61. The van der Waals surface area contributed by atoms with E-state index < -0.39 is 10.0 Å². The fourth-order valence-corrected chi connectivity index (χ4v) is 5.07. The maximum atomic E-state index is 12.8. The van der Waals surface area contributed by atoms with Gasteiger partial charge in [-0.2, -0.15) is 4.31 Å². The van der Waals surface area contributed by atoms with Crippen LogP contribution in [0.15, 0.2) is 23.1 Å². The third kappa shape index (κ3) is 3.98. The topological polar surface area (TPSA) is 61.9 Å². The molecule has 24 heavy (non-hydrogen) atoms. The highest BCUT2D eigenvalue weighted by Gasteiger charge is 2.35. The van der Waals surface area contributed by atoms with E-state index in [1.807, 2.05) is 0 Å². The van der Waals surface area contributed by atoms with Crippen molar-refractivity contribution in [2.75, 3.05) is 46.4 Å². The number of benzene rings is 1. The second-order valence-corrected chi connectivity index (χ2v) is 8.23. The second kappa shape index (κ2) is 8.21. The molecule has 2 aliphatic heterocycles. The number of sulfonamides is 1. The van der Waals surface area contributed by atoms with E-state index in [-0.39, 0.29) is 17.3 Å². The number of hydrogen-bond acceptors (Lipinski definition) is 5. The molecule has 0 bridgehead atoms. The Balaban J connectivity index is 0.00000208. The van der Waals surface area contributed by atoms with Crippen molar-refractivity contribution in [1.29, 1.82) is 0 Å². The molecule has 0 radical (unpaired) electrons. The second-order valence-electron chi connectivity index (χ2n) is 5.89. The van der Waals surface area contributed by atoms with Gasteiger partial charge < -0.3 is 10.1 Å². The SMILES string of the molecule is COc1ccc(S(=O)(=O)N2CCC(N3CCNCC3)C2)cc1Cl.Cl. The molecule has 0 spiro atoms. The number of hydrogen-bond donors (Lipinski definition) is 1. The van der Waals surface area contributed by atoms with Gasteiger partial charge in [-0.15, -0.1) is 12.4 Å². The van der Waals surface area contributed by atoms with Gasteiger partial charge in [-0.05, 0) is 24.6 Å². The summed E-state index contributed by atoms with van der Waals surface area (Å²) in [6.45, 7) is 5.00. The lowest BCUT2D eigenvalue weighted by atomic mass is 10.2. The first-order valence-corrected chi connectivity index (χ1v) is 9.62. The largest absolute Gasteiger partial charge is 0.495 e. The fourth-order valence-electron chi connectivity index (χ4n) is 3.23. The molecule has 0 saturated carbocycles. The van der Waals surface area contributed by atoms with Crippen molar-refractivity contribution in [3.63, 3.8) is 0 Å². The summed E-state index contributed by atoms with van der Waals surface area (Å²) >= 11 is 6.07. The van der Waals surface area contributed by atoms with Gasteiger partial charge >= 0.3 is 0 Å². The molecular weight excluding hydrogens is 373 g/mol. The molecule has 6 nitrogen and oxygen atoms in total. The molecule has 1 atom stereocenters. The first kappa shape index (κ1) is 19.8. The molecular formula is C15H23Cl2N3O3S. The summed E-state index contributed by atoms with van der Waals surface area (Å²) in [6, 6.07) is 4.92. The van der Waals surface area contributed by atoms with Crippen LogP contribution in [0.2, 0.25) is 5.02 Å². The number of ether oxygens (including phenoxy) is 1. The number of nitrogens with zero attached hydrogens (tertiary/aromatic N) is 2. The van der Waals surface area contributed by atoms with Gasteiger partial charge in [-0.25, -0.2) is 8.42 Å². The van der Waals surface area contributed by atoms with Gasteiger partial charge in [-0.1, -0.05) is 11.6 Å². The molecule has 2 fully saturated rings. The number of halogens is 2. The molecule has 1 aromatic carbocycles. The molecule has 0 aromatic heterocycles. The maximum absolute atomic E-state index is 12.8. The Bertz CT molecular complexity index is 666. The van der Waals surface area contributed by atoms with E-state index in [0.717, 1.165) is 32.6 Å². The Kier molecular flexibility index (Phi) is 6.75. The smallest absolute Gasteiger partial charge is 0.243 e. The van der Waals surface area contributed by atoms with Crippen molar-refractivity contribution >= 4 is 34.0 Å². The normalized spacial score (nSPS) is 23.0. The quantitative estimate of drug-likeness (QED) is 0.835. The Labute approximate surface area is 154 Å². The monoisotopic (exact) mass is 395 g/mol. The number of methoxy groups -OCH3 is 1. The molecule has 1 unspecified atom stereocenters. The zero-order chi connectivity index (χ0) is 16.4. The zero-order valence-corrected chi connectivity index (χ0v) is 16.0. The van der Waals surface area contributed by atoms with E-state index in [1.54, 1.807) is 16.4 Å². The van der Waals surface area contributed by atoms with Crippen LogP contribution in [0.25, 0.3) is 0 Å². The van der Waals surface area contributed by atoms with Crippen LogP contribution in [0.4, 0.5) is 0 Å². The van der Waals surface area contributed by atoms with E-state index in [1.165, 1.54) is 13.2 Å². The Morgan fingerprint density at radius 3 is 2.58 bits per heavy atom. The van der Waals surface area contributed by atoms with Crippen molar-refractivity contribution in [3.05, 3.63) is 23.2 Å². The number of piperazine rings is 1. The van der Waals surface area contributed by atoms with Crippen molar-refractivity contribution in [2.45, 2.75) is 17.4 Å². The fraction of sp³-hybridized carbons (Fsp3) is 0.600. The van der Waals surface area contributed by atoms with Gasteiger partial charge in [0.05, 0.1) is 17.0 Å². The summed E-state index contributed by atoms with van der Waals surface area (Å²) in [6.07, 6.45) is 0.878. The van der Waals surface area contributed by atoms with Gasteiger partial charge in [0.1, 0.15) is 5.75 Å². The zero-order valence-electron chi connectivity index (χ0n) is 13.6. The Hall–Kier alpha value is -0.570. The van der Waals surface area contributed by atoms with Crippen LogP contribution in [0.5, 0.6) is 5.75 Å². The molecule has 1 N–H and O–H groups in total. The average molecular weight is 396 g/mol. The summed E-state index contributed by atoms with van der Waals surface area (Å²) in [5.74, 6) is 0.478. The summed E-state index contributed by atoms with van der Waals surface area (Å²) in [7, 11) is -2.00. The average Bonchev–Trinajstić information content (AvgIpc) is 3.06. The molecule has 1 aromatic rings. The molecule has 2 aliphatic rings. The van der Waals surface area contributed by atoms with Crippen LogP contribution in [0, 0.1) is 0 Å². The molecule has 2 heterocycles. The Morgan fingerprint density at radius 1 is 1.25 bits per heavy atom. The lowest BCUT2D eigenvalue weighted by Crippen LogP contribution is -2.49. The summed E-state index contributed by atoms with van der Waals surface area (Å²) in [5, 5.41) is 3.63. The lowest BCUT2D eigenvalue weighted by molar-refractivity contribution is 0.179. The van der Waals surface area contributed by atoms with Gasteiger partial charge in [0.2, 0.25) is 10.0 Å². The molecule has 0 amide bonds. The maximum Gasteiger partial charge on any atom is 0.243 e. The minimum Gasteiger partial charge on any atom is -0.495 e. The number of rotatable bonds is 4. The predicted octanol–water partition coefficient (Wildman–Crippen LogP) is 1.44. The number of nitrogens with one attached hydrogen (secondary N) is 1. The van der Waals surface area contributed by atoms with Crippen molar-refractivity contribution < 1.29 is 13.2 Å². The third-order valence-electron chi connectivity index (χ3n) is 4.56. The molecule has 0 aliphatic carbocycles.